The molecule has 5 nitrogen and oxygen atoms in total. The first kappa shape index (κ1) is 14.7. The molecule has 20 heavy (non-hydrogen) atoms. The molecule has 1 unspecified atom stereocenters. The number of aliphatic carboxylic acids is 1. The average molecular weight is 295 g/mol. The number of nitrogens with zero attached hydrogens (tertiary/aromatic N) is 1. The number of hydrogen-bond donors (Lipinski definition) is 1. The molecule has 2 heterocycles. The van der Waals surface area contributed by atoms with Gasteiger partial charge in [-0.3, -0.25) is 4.79 Å². The van der Waals surface area contributed by atoms with Crippen molar-refractivity contribution < 1.29 is 19.4 Å². The lowest BCUT2D eigenvalue weighted by molar-refractivity contribution is -0.131. The van der Waals surface area contributed by atoms with Crippen LogP contribution in [0.4, 0.5) is 0 Å². The summed E-state index contributed by atoms with van der Waals surface area (Å²) in [6, 6.07) is 3.50. The number of carbonyl (C=O) groups is 2. The maximum Gasteiger partial charge on any atom is 0.328 e. The quantitative estimate of drug-likeness (QED) is 0.864. The van der Waals surface area contributed by atoms with Crippen molar-refractivity contribution in [3.05, 3.63) is 28.0 Å². The van der Waals surface area contributed by atoms with E-state index in [0.717, 1.165) is 30.3 Å². The normalized spacial score (nSPS) is 19.4. The number of hydrogen-bond acceptors (Lipinski definition) is 4. The summed E-state index contributed by atoms with van der Waals surface area (Å²) >= 11 is 1.30. The van der Waals surface area contributed by atoms with Crippen LogP contribution in [0.25, 0.3) is 6.08 Å². The van der Waals surface area contributed by atoms with Crippen molar-refractivity contribution in [3.63, 3.8) is 0 Å². The molecule has 1 aliphatic rings. The van der Waals surface area contributed by atoms with Crippen LogP contribution in [0.1, 0.15) is 27.4 Å². The molecule has 1 amide bonds. The second-order valence-corrected chi connectivity index (χ2v) is 5.74. The second kappa shape index (κ2) is 6.67. The SMILES string of the molecule is COC1CCCN(C(=O)c2ccc(/C=C/C(=O)O)s2)C1. The molecule has 0 radical (unpaired) electrons. The Balaban J connectivity index is 2.04. The van der Waals surface area contributed by atoms with Crippen LogP contribution in [0, 0.1) is 0 Å². The lowest BCUT2D eigenvalue weighted by Crippen LogP contribution is -2.42. The summed E-state index contributed by atoms with van der Waals surface area (Å²) in [7, 11) is 1.67. The first-order valence-electron chi connectivity index (χ1n) is 6.43. The van der Waals surface area contributed by atoms with Crippen LogP contribution < -0.4 is 0 Å². The molecular weight excluding hydrogens is 278 g/mol. The molecule has 0 aromatic carbocycles. The zero-order chi connectivity index (χ0) is 14.5. The largest absolute Gasteiger partial charge is 0.478 e. The van der Waals surface area contributed by atoms with Gasteiger partial charge < -0.3 is 14.7 Å². The molecular formula is C14H17NO4S. The third-order valence-electron chi connectivity index (χ3n) is 3.23. The average Bonchev–Trinajstić information content (AvgIpc) is 2.93. The van der Waals surface area contributed by atoms with E-state index in [4.69, 9.17) is 9.84 Å². The van der Waals surface area contributed by atoms with Gasteiger partial charge in [-0.25, -0.2) is 4.79 Å². The van der Waals surface area contributed by atoms with Crippen LogP contribution in [0.3, 0.4) is 0 Å². The number of carbonyl (C=O) groups excluding carboxylic acids is 1. The molecule has 0 saturated carbocycles. The van der Waals surface area contributed by atoms with Gasteiger partial charge in [0.15, 0.2) is 0 Å². The minimum atomic E-state index is -0.995. The Hall–Kier alpha value is -1.66. The van der Waals surface area contributed by atoms with Crippen LogP contribution in [0.5, 0.6) is 0 Å². The summed E-state index contributed by atoms with van der Waals surface area (Å²) < 4.78 is 5.31. The lowest BCUT2D eigenvalue weighted by Gasteiger charge is -2.31. The Kier molecular flexibility index (Phi) is 4.92. The summed E-state index contributed by atoms with van der Waals surface area (Å²) in [5.41, 5.74) is 0. The van der Waals surface area contributed by atoms with Crippen LogP contribution >= 0.6 is 11.3 Å². The van der Waals surface area contributed by atoms with Gasteiger partial charge in [-0.05, 0) is 31.1 Å². The van der Waals surface area contributed by atoms with Gasteiger partial charge in [0.1, 0.15) is 0 Å². The van der Waals surface area contributed by atoms with Gasteiger partial charge in [0.05, 0.1) is 11.0 Å². The summed E-state index contributed by atoms with van der Waals surface area (Å²) in [4.78, 5) is 26.0. The van der Waals surface area contributed by atoms with Gasteiger partial charge in [-0.15, -0.1) is 11.3 Å². The molecule has 0 aliphatic carbocycles. The van der Waals surface area contributed by atoms with Gasteiger partial charge in [0.25, 0.3) is 5.91 Å². The predicted octanol–water partition coefficient (Wildman–Crippen LogP) is 2.10. The predicted molar refractivity (Wildman–Crippen MR) is 76.9 cm³/mol. The molecule has 1 aliphatic heterocycles. The smallest absolute Gasteiger partial charge is 0.328 e. The topological polar surface area (TPSA) is 66.8 Å². The molecule has 1 fully saturated rings. The Bertz CT molecular complexity index is 523. The highest BCUT2D eigenvalue weighted by Gasteiger charge is 2.24. The Labute approximate surface area is 121 Å². The number of rotatable bonds is 4. The van der Waals surface area contributed by atoms with E-state index >= 15 is 0 Å². The molecule has 1 N–H and O–H groups in total. The molecule has 0 bridgehead atoms. The van der Waals surface area contributed by atoms with Crippen LogP contribution in [0.15, 0.2) is 18.2 Å². The summed E-state index contributed by atoms with van der Waals surface area (Å²) in [5.74, 6) is -1.00. The van der Waals surface area contributed by atoms with E-state index < -0.39 is 5.97 Å². The number of methoxy groups -OCH3 is 1. The third kappa shape index (κ3) is 3.68. The third-order valence-corrected chi connectivity index (χ3v) is 4.26. The molecule has 1 saturated heterocycles. The summed E-state index contributed by atoms with van der Waals surface area (Å²) in [6.45, 7) is 1.37. The fraction of sp³-hybridized carbons (Fsp3) is 0.429. The van der Waals surface area contributed by atoms with Crippen molar-refractivity contribution in [1.82, 2.24) is 4.90 Å². The van der Waals surface area contributed by atoms with E-state index in [1.165, 1.54) is 17.4 Å². The number of carboxylic acid groups (broad SMARTS) is 1. The summed E-state index contributed by atoms with van der Waals surface area (Å²) in [5, 5.41) is 8.58. The van der Waals surface area contributed by atoms with Crippen LogP contribution in [-0.4, -0.2) is 48.2 Å². The van der Waals surface area contributed by atoms with Gasteiger partial charge in [0.2, 0.25) is 0 Å². The lowest BCUT2D eigenvalue weighted by atomic mass is 10.1. The minimum Gasteiger partial charge on any atom is -0.478 e. The molecule has 1 atom stereocenters. The van der Waals surface area contributed by atoms with E-state index in [9.17, 15) is 9.59 Å². The van der Waals surface area contributed by atoms with E-state index in [-0.39, 0.29) is 12.0 Å². The highest BCUT2D eigenvalue weighted by Crippen LogP contribution is 2.22. The maximum absolute atomic E-state index is 12.4. The van der Waals surface area contributed by atoms with Crippen molar-refractivity contribution in [3.8, 4) is 0 Å². The zero-order valence-electron chi connectivity index (χ0n) is 11.2. The highest BCUT2D eigenvalue weighted by molar-refractivity contribution is 7.14. The van der Waals surface area contributed by atoms with Gasteiger partial charge in [0, 0.05) is 31.2 Å². The number of amides is 1. The molecule has 6 heteroatoms. The van der Waals surface area contributed by atoms with Gasteiger partial charge >= 0.3 is 5.97 Å². The van der Waals surface area contributed by atoms with E-state index in [1.807, 2.05) is 0 Å². The second-order valence-electron chi connectivity index (χ2n) is 4.62. The van der Waals surface area contributed by atoms with Crippen molar-refractivity contribution in [1.29, 1.82) is 0 Å². The van der Waals surface area contributed by atoms with E-state index in [1.54, 1.807) is 24.1 Å². The van der Waals surface area contributed by atoms with Crippen molar-refractivity contribution in [2.75, 3.05) is 20.2 Å². The maximum atomic E-state index is 12.4. The fourth-order valence-electron chi connectivity index (χ4n) is 2.18. The Morgan fingerprint density at radius 2 is 2.30 bits per heavy atom. The number of thiophene rings is 1. The van der Waals surface area contributed by atoms with E-state index in [0.29, 0.717) is 11.4 Å². The van der Waals surface area contributed by atoms with Crippen LogP contribution in [0.2, 0.25) is 0 Å². The molecule has 0 spiro atoms. The van der Waals surface area contributed by atoms with Crippen molar-refractivity contribution >= 4 is 29.3 Å². The minimum absolute atomic E-state index is 0.00766. The monoisotopic (exact) mass is 295 g/mol. The number of ether oxygens (including phenoxy) is 1. The van der Waals surface area contributed by atoms with Gasteiger partial charge in [-0.1, -0.05) is 0 Å². The van der Waals surface area contributed by atoms with Crippen LogP contribution in [-0.2, 0) is 9.53 Å². The molecule has 1 aromatic heterocycles. The standard InChI is InChI=1S/C14H17NO4S/c1-19-10-3-2-8-15(9-10)14(18)12-6-4-11(20-12)5-7-13(16)17/h4-7,10H,2-3,8-9H2,1H3,(H,16,17)/b7-5+. The molecule has 108 valence electrons. The molecule has 2 rings (SSSR count). The zero-order valence-corrected chi connectivity index (χ0v) is 12.1. The first-order chi connectivity index (χ1) is 9.60. The Morgan fingerprint density at radius 1 is 1.50 bits per heavy atom. The highest BCUT2D eigenvalue weighted by atomic mass is 32.1. The Morgan fingerprint density at radius 3 is 3.00 bits per heavy atom. The summed E-state index contributed by atoms with van der Waals surface area (Å²) in [6.07, 6.45) is 4.61. The molecule has 1 aromatic rings. The van der Waals surface area contributed by atoms with Crippen molar-refractivity contribution in [2.24, 2.45) is 0 Å². The van der Waals surface area contributed by atoms with Gasteiger partial charge in [-0.2, -0.15) is 0 Å². The first-order valence-corrected chi connectivity index (χ1v) is 7.24. The van der Waals surface area contributed by atoms with Crippen molar-refractivity contribution in [2.45, 2.75) is 18.9 Å². The van der Waals surface area contributed by atoms with E-state index in [2.05, 4.69) is 0 Å². The number of carboxylic acids is 1. The fourth-order valence-corrected chi connectivity index (χ4v) is 3.06. The number of piperidine rings is 1. The number of likely N-dealkylation sites (tertiary alicyclic amines) is 1.